The van der Waals surface area contributed by atoms with Gasteiger partial charge >= 0.3 is 0 Å². The molecule has 0 fully saturated rings. The van der Waals surface area contributed by atoms with Crippen molar-refractivity contribution in [1.29, 1.82) is 0 Å². The van der Waals surface area contributed by atoms with Crippen LogP contribution in [0.5, 0.6) is 0 Å². The van der Waals surface area contributed by atoms with E-state index in [1.807, 2.05) is 0 Å². The van der Waals surface area contributed by atoms with Crippen LogP contribution < -0.4 is 5.32 Å². The van der Waals surface area contributed by atoms with Gasteiger partial charge in [-0.2, -0.15) is 0 Å². The van der Waals surface area contributed by atoms with Gasteiger partial charge in [0.25, 0.3) is 11.4 Å². The zero-order valence-corrected chi connectivity index (χ0v) is 11.3. The summed E-state index contributed by atoms with van der Waals surface area (Å²) in [4.78, 5) is 20.5. The Bertz CT molecular complexity index is 683. The standard InChI is InChI=1S/C14H13N3O4/c1-10-2-5-12(8-14(10)17(20)21)15-9-11-3-6-13(7-4-11)16(18)19/h2-8,15H,9H2,1H3. The van der Waals surface area contributed by atoms with Crippen LogP contribution in [-0.4, -0.2) is 9.85 Å². The van der Waals surface area contributed by atoms with Crippen molar-refractivity contribution in [3.63, 3.8) is 0 Å². The molecule has 0 aliphatic rings. The molecule has 0 saturated heterocycles. The smallest absolute Gasteiger partial charge is 0.274 e. The lowest BCUT2D eigenvalue weighted by Gasteiger charge is -2.07. The van der Waals surface area contributed by atoms with E-state index in [0.717, 1.165) is 5.56 Å². The molecule has 0 aromatic heterocycles. The predicted molar refractivity (Wildman–Crippen MR) is 78.3 cm³/mol. The minimum Gasteiger partial charge on any atom is -0.381 e. The summed E-state index contributed by atoms with van der Waals surface area (Å²) in [5.74, 6) is 0. The number of anilines is 1. The zero-order valence-electron chi connectivity index (χ0n) is 11.3. The largest absolute Gasteiger partial charge is 0.381 e. The van der Waals surface area contributed by atoms with Crippen molar-refractivity contribution in [2.45, 2.75) is 13.5 Å². The summed E-state index contributed by atoms with van der Waals surface area (Å²) in [6.45, 7) is 2.11. The fraction of sp³-hybridized carbons (Fsp3) is 0.143. The molecule has 0 aliphatic carbocycles. The maximum Gasteiger partial charge on any atom is 0.274 e. The lowest BCUT2D eigenvalue weighted by molar-refractivity contribution is -0.385. The van der Waals surface area contributed by atoms with Gasteiger partial charge in [-0.1, -0.05) is 18.2 Å². The van der Waals surface area contributed by atoms with Crippen molar-refractivity contribution in [2.75, 3.05) is 5.32 Å². The van der Waals surface area contributed by atoms with Crippen LogP contribution in [0.1, 0.15) is 11.1 Å². The number of nitrogens with one attached hydrogen (secondary N) is 1. The molecule has 0 saturated carbocycles. The van der Waals surface area contributed by atoms with Crippen molar-refractivity contribution in [3.8, 4) is 0 Å². The Morgan fingerprint density at radius 1 is 1.00 bits per heavy atom. The van der Waals surface area contributed by atoms with Gasteiger partial charge in [-0.15, -0.1) is 0 Å². The normalized spacial score (nSPS) is 10.1. The number of rotatable bonds is 5. The van der Waals surface area contributed by atoms with Gasteiger partial charge in [0.05, 0.1) is 9.85 Å². The lowest BCUT2D eigenvalue weighted by Crippen LogP contribution is -2.01. The highest BCUT2D eigenvalue weighted by Gasteiger charge is 2.10. The quantitative estimate of drug-likeness (QED) is 0.671. The molecule has 2 aromatic rings. The lowest BCUT2D eigenvalue weighted by atomic mass is 10.1. The number of nitro groups is 2. The fourth-order valence-electron chi connectivity index (χ4n) is 1.86. The summed E-state index contributed by atoms with van der Waals surface area (Å²) in [6.07, 6.45) is 0. The van der Waals surface area contributed by atoms with Gasteiger partial charge in [0, 0.05) is 36.0 Å². The van der Waals surface area contributed by atoms with Gasteiger partial charge in [0.2, 0.25) is 0 Å². The van der Waals surface area contributed by atoms with Gasteiger partial charge in [0.15, 0.2) is 0 Å². The summed E-state index contributed by atoms with van der Waals surface area (Å²) in [6, 6.07) is 11.1. The molecule has 108 valence electrons. The molecule has 21 heavy (non-hydrogen) atoms. The monoisotopic (exact) mass is 287 g/mol. The Morgan fingerprint density at radius 2 is 1.67 bits per heavy atom. The molecule has 0 bridgehead atoms. The van der Waals surface area contributed by atoms with Crippen LogP contribution in [0.2, 0.25) is 0 Å². The third kappa shape index (κ3) is 3.53. The minimum absolute atomic E-state index is 0.0322. The summed E-state index contributed by atoms with van der Waals surface area (Å²) in [5, 5.41) is 24.5. The van der Waals surface area contributed by atoms with E-state index in [4.69, 9.17) is 0 Å². The van der Waals surface area contributed by atoms with Gasteiger partial charge in [-0.3, -0.25) is 20.2 Å². The van der Waals surface area contributed by atoms with Crippen molar-refractivity contribution >= 4 is 17.1 Å². The number of hydrogen-bond acceptors (Lipinski definition) is 5. The first-order valence-corrected chi connectivity index (χ1v) is 6.19. The highest BCUT2D eigenvalue weighted by Crippen LogP contribution is 2.22. The van der Waals surface area contributed by atoms with E-state index >= 15 is 0 Å². The molecule has 2 aromatic carbocycles. The van der Waals surface area contributed by atoms with Crippen molar-refractivity contribution < 1.29 is 9.85 Å². The molecule has 0 unspecified atom stereocenters. The summed E-state index contributed by atoms with van der Waals surface area (Å²) in [7, 11) is 0. The first kappa shape index (κ1) is 14.4. The van der Waals surface area contributed by atoms with E-state index in [1.165, 1.54) is 18.2 Å². The van der Waals surface area contributed by atoms with Crippen molar-refractivity contribution in [1.82, 2.24) is 0 Å². The maximum absolute atomic E-state index is 10.9. The summed E-state index contributed by atoms with van der Waals surface area (Å²) < 4.78 is 0. The number of nitrogens with zero attached hydrogens (tertiary/aromatic N) is 2. The van der Waals surface area contributed by atoms with Gasteiger partial charge in [0.1, 0.15) is 0 Å². The van der Waals surface area contributed by atoms with Crippen LogP contribution in [0.3, 0.4) is 0 Å². The Balaban J connectivity index is 2.07. The Hall–Kier alpha value is -2.96. The van der Waals surface area contributed by atoms with Crippen LogP contribution in [-0.2, 0) is 6.54 Å². The molecule has 0 atom stereocenters. The average molecular weight is 287 g/mol. The highest BCUT2D eigenvalue weighted by molar-refractivity contribution is 5.55. The summed E-state index contributed by atoms with van der Waals surface area (Å²) >= 11 is 0. The van der Waals surface area contributed by atoms with Gasteiger partial charge in [-0.25, -0.2) is 0 Å². The molecule has 0 amide bonds. The highest BCUT2D eigenvalue weighted by atomic mass is 16.6. The fourth-order valence-corrected chi connectivity index (χ4v) is 1.86. The van der Waals surface area contributed by atoms with E-state index in [9.17, 15) is 20.2 Å². The third-order valence-electron chi connectivity index (χ3n) is 3.05. The Morgan fingerprint density at radius 3 is 2.24 bits per heavy atom. The van der Waals surface area contributed by atoms with Crippen molar-refractivity contribution in [3.05, 3.63) is 73.8 Å². The molecule has 2 rings (SSSR count). The number of nitro benzene ring substituents is 2. The number of hydrogen-bond donors (Lipinski definition) is 1. The molecule has 0 spiro atoms. The third-order valence-corrected chi connectivity index (χ3v) is 3.05. The zero-order chi connectivity index (χ0) is 15.4. The van der Waals surface area contributed by atoms with Crippen LogP contribution >= 0.6 is 0 Å². The average Bonchev–Trinajstić information content (AvgIpc) is 2.46. The van der Waals surface area contributed by atoms with E-state index in [0.29, 0.717) is 17.8 Å². The van der Waals surface area contributed by atoms with E-state index in [2.05, 4.69) is 5.32 Å². The number of benzene rings is 2. The van der Waals surface area contributed by atoms with E-state index in [1.54, 1.807) is 31.2 Å². The van der Waals surface area contributed by atoms with Crippen molar-refractivity contribution in [2.24, 2.45) is 0 Å². The topological polar surface area (TPSA) is 98.3 Å². The van der Waals surface area contributed by atoms with E-state index < -0.39 is 9.85 Å². The Kier molecular flexibility index (Phi) is 4.13. The molecule has 1 N–H and O–H groups in total. The summed E-state index contributed by atoms with van der Waals surface area (Å²) in [5.41, 5.74) is 2.17. The number of non-ortho nitro benzene ring substituents is 1. The first-order valence-electron chi connectivity index (χ1n) is 6.19. The van der Waals surface area contributed by atoms with E-state index in [-0.39, 0.29) is 11.4 Å². The molecule has 0 aliphatic heterocycles. The SMILES string of the molecule is Cc1ccc(NCc2ccc([N+](=O)[O-])cc2)cc1[N+](=O)[O-]. The molecule has 0 radical (unpaired) electrons. The van der Waals surface area contributed by atoms with Crippen LogP contribution in [0, 0.1) is 27.2 Å². The first-order chi connectivity index (χ1) is 9.97. The second kappa shape index (κ2) is 6.00. The van der Waals surface area contributed by atoms with Gasteiger partial charge < -0.3 is 5.32 Å². The molecule has 7 nitrogen and oxygen atoms in total. The van der Waals surface area contributed by atoms with Gasteiger partial charge in [-0.05, 0) is 18.6 Å². The molecular formula is C14H13N3O4. The molecule has 7 heteroatoms. The second-order valence-corrected chi connectivity index (χ2v) is 4.54. The van der Waals surface area contributed by atoms with Crippen LogP contribution in [0.15, 0.2) is 42.5 Å². The van der Waals surface area contributed by atoms with Crippen LogP contribution in [0.4, 0.5) is 17.1 Å². The molecular weight excluding hydrogens is 274 g/mol. The van der Waals surface area contributed by atoms with Crippen LogP contribution in [0.25, 0.3) is 0 Å². The number of aryl methyl sites for hydroxylation is 1. The Labute approximate surface area is 120 Å². The predicted octanol–water partition coefficient (Wildman–Crippen LogP) is 3.42. The molecule has 0 heterocycles. The maximum atomic E-state index is 10.9. The second-order valence-electron chi connectivity index (χ2n) is 4.54. The minimum atomic E-state index is -0.458.